The highest BCUT2D eigenvalue weighted by molar-refractivity contribution is 5.75. The summed E-state index contributed by atoms with van der Waals surface area (Å²) in [5.74, 6) is 0.231. The Morgan fingerprint density at radius 3 is 2.86 bits per heavy atom. The van der Waals surface area contributed by atoms with Gasteiger partial charge in [0.25, 0.3) is 0 Å². The lowest BCUT2D eigenvalue weighted by Crippen LogP contribution is -2.39. The highest BCUT2D eigenvalue weighted by Crippen LogP contribution is 2.16. The zero-order chi connectivity index (χ0) is 14.9. The maximum Gasteiger partial charge on any atom is 0.220 e. The van der Waals surface area contributed by atoms with Crippen LogP contribution in [0.4, 0.5) is 0 Å². The van der Waals surface area contributed by atoms with E-state index in [1.807, 2.05) is 0 Å². The van der Waals surface area contributed by atoms with Gasteiger partial charge in [-0.2, -0.15) is 0 Å². The van der Waals surface area contributed by atoms with Crippen LogP contribution in [0, 0.1) is 0 Å². The highest BCUT2D eigenvalue weighted by atomic mass is 16.1. The van der Waals surface area contributed by atoms with Crippen LogP contribution in [-0.2, 0) is 4.79 Å². The minimum atomic E-state index is 0.231. The van der Waals surface area contributed by atoms with Crippen molar-refractivity contribution in [1.29, 1.82) is 0 Å². The fourth-order valence-electron chi connectivity index (χ4n) is 3.56. The van der Waals surface area contributed by atoms with Gasteiger partial charge < -0.3 is 15.5 Å². The predicted molar refractivity (Wildman–Crippen MR) is 87.4 cm³/mol. The summed E-state index contributed by atoms with van der Waals surface area (Å²) < 4.78 is 0. The van der Waals surface area contributed by atoms with E-state index >= 15 is 0 Å². The Bertz CT molecular complexity index is 302. The van der Waals surface area contributed by atoms with E-state index in [0.717, 1.165) is 38.5 Å². The van der Waals surface area contributed by atoms with Crippen molar-refractivity contribution in [3.05, 3.63) is 0 Å². The van der Waals surface area contributed by atoms with E-state index in [9.17, 15) is 4.79 Å². The third kappa shape index (κ3) is 6.35. The zero-order valence-corrected chi connectivity index (χ0v) is 13.7. The van der Waals surface area contributed by atoms with Crippen LogP contribution in [0.2, 0.25) is 0 Å². The van der Waals surface area contributed by atoms with Gasteiger partial charge in [-0.15, -0.1) is 0 Å². The molecule has 4 heteroatoms. The Kier molecular flexibility index (Phi) is 7.51. The fraction of sp³-hybridized carbons (Fsp3) is 0.941. The first-order valence-electron chi connectivity index (χ1n) is 9.00. The lowest BCUT2D eigenvalue weighted by atomic mass is 10.0. The maximum atomic E-state index is 11.8. The van der Waals surface area contributed by atoms with Gasteiger partial charge in [0.15, 0.2) is 0 Å². The van der Waals surface area contributed by atoms with E-state index in [0.29, 0.717) is 12.5 Å². The quantitative estimate of drug-likeness (QED) is 0.708. The molecule has 2 atom stereocenters. The van der Waals surface area contributed by atoms with E-state index in [4.69, 9.17) is 0 Å². The van der Waals surface area contributed by atoms with Crippen LogP contribution >= 0.6 is 0 Å². The molecule has 2 unspecified atom stereocenters. The standard InChI is InChI=1S/C17H33N3O/c1-15-7-3-5-13-20(15)14-6-12-19-17(21)10-9-16-8-2-4-11-18-16/h15-16,18H,2-14H2,1H3,(H,19,21). The summed E-state index contributed by atoms with van der Waals surface area (Å²) in [5, 5.41) is 6.59. The second-order valence-corrected chi connectivity index (χ2v) is 6.77. The molecule has 0 aromatic heterocycles. The lowest BCUT2D eigenvalue weighted by molar-refractivity contribution is -0.121. The minimum absolute atomic E-state index is 0.231. The van der Waals surface area contributed by atoms with Gasteiger partial charge in [-0.05, 0) is 58.5 Å². The number of hydrogen-bond donors (Lipinski definition) is 2. The monoisotopic (exact) mass is 295 g/mol. The molecule has 0 saturated carbocycles. The summed E-state index contributed by atoms with van der Waals surface area (Å²) in [6.07, 6.45) is 10.6. The van der Waals surface area contributed by atoms with Gasteiger partial charge in [0.05, 0.1) is 0 Å². The molecule has 0 radical (unpaired) electrons. The molecule has 0 aromatic rings. The van der Waals surface area contributed by atoms with Gasteiger partial charge in [-0.25, -0.2) is 0 Å². The second kappa shape index (κ2) is 9.42. The molecule has 2 N–H and O–H groups in total. The molecule has 2 aliphatic heterocycles. The molecule has 21 heavy (non-hydrogen) atoms. The van der Waals surface area contributed by atoms with E-state index in [-0.39, 0.29) is 5.91 Å². The highest BCUT2D eigenvalue weighted by Gasteiger charge is 2.17. The van der Waals surface area contributed by atoms with Gasteiger partial charge in [0, 0.05) is 31.6 Å². The van der Waals surface area contributed by atoms with Crippen LogP contribution in [0.15, 0.2) is 0 Å². The molecule has 122 valence electrons. The summed E-state index contributed by atoms with van der Waals surface area (Å²) >= 11 is 0. The van der Waals surface area contributed by atoms with Crippen molar-refractivity contribution in [2.45, 2.75) is 76.8 Å². The largest absolute Gasteiger partial charge is 0.356 e. The average molecular weight is 295 g/mol. The predicted octanol–water partition coefficient (Wildman–Crippen LogP) is 2.29. The molecule has 2 rings (SSSR count). The molecule has 0 aromatic carbocycles. The number of piperidine rings is 2. The van der Waals surface area contributed by atoms with Gasteiger partial charge in [0.2, 0.25) is 5.91 Å². The minimum Gasteiger partial charge on any atom is -0.356 e. The van der Waals surface area contributed by atoms with Gasteiger partial charge >= 0.3 is 0 Å². The maximum absolute atomic E-state index is 11.8. The van der Waals surface area contributed by atoms with E-state index < -0.39 is 0 Å². The van der Waals surface area contributed by atoms with Crippen molar-refractivity contribution in [1.82, 2.24) is 15.5 Å². The Morgan fingerprint density at radius 1 is 1.24 bits per heavy atom. The molecule has 2 saturated heterocycles. The fourth-order valence-corrected chi connectivity index (χ4v) is 3.56. The summed E-state index contributed by atoms with van der Waals surface area (Å²) in [6.45, 7) is 6.66. The molecule has 0 aliphatic carbocycles. The number of carbonyl (C=O) groups excluding carboxylic acids is 1. The zero-order valence-electron chi connectivity index (χ0n) is 13.7. The number of rotatable bonds is 7. The molecule has 1 amide bonds. The van der Waals surface area contributed by atoms with Crippen molar-refractivity contribution < 1.29 is 4.79 Å². The molecule has 2 aliphatic rings. The topological polar surface area (TPSA) is 44.4 Å². The van der Waals surface area contributed by atoms with Crippen LogP contribution < -0.4 is 10.6 Å². The van der Waals surface area contributed by atoms with Crippen molar-refractivity contribution in [3.63, 3.8) is 0 Å². The van der Waals surface area contributed by atoms with Crippen LogP contribution in [0.5, 0.6) is 0 Å². The molecular formula is C17H33N3O. The Balaban J connectivity index is 1.48. The van der Waals surface area contributed by atoms with Crippen molar-refractivity contribution >= 4 is 5.91 Å². The van der Waals surface area contributed by atoms with E-state index in [1.54, 1.807) is 0 Å². The molecule has 4 nitrogen and oxygen atoms in total. The van der Waals surface area contributed by atoms with Crippen molar-refractivity contribution in [2.24, 2.45) is 0 Å². The lowest BCUT2D eigenvalue weighted by Gasteiger charge is -2.33. The van der Waals surface area contributed by atoms with E-state index in [1.165, 1.54) is 45.1 Å². The van der Waals surface area contributed by atoms with Crippen LogP contribution in [0.25, 0.3) is 0 Å². The van der Waals surface area contributed by atoms with Gasteiger partial charge in [-0.3, -0.25) is 4.79 Å². The Labute approximate surface area is 130 Å². The summed E-state index contributed by atoms with van der Waals surface area (Å²) in [4.78, 5) is 14.4. The number of nitrogens with zero attached hydrogens (tertiary/aromatic N) is 1. The normalized spacial score (nSPS) is 27.5. The molecule has 0 spiro atoms. The first-order chi connectivity index (χ1) is 10.3. The number of amides is 1. The Hall–Kier alpha value is -0.610. The SMILES string of the molecule is CC1CCCCN1CCCNC(=O)CCC1CCCCN1. The summed E-state index contributed by atoms with van der Waals surface area (Å²) in [7, 11) is 0. The second-order valence-electron chi connectivity index (χ2n) is 6.77. The number of hydrogen-bond acceptors (Lipinski definition) is 3. The Morgan fingerprint density at radius 2 is 2.10 bits per heavy atom. The van der Waals surface area contributed by atoms with Crippen molar-refractivity contribution in [2.75, 3.05) is 26.2 Å². The number of nitrogens with one attached hydrogen (secondary N) is 2. The van der Waals surface area contributed by atoms with Crippen LogP contribution in [-0.4, -0.2) is 49.1 Å². The summed E-state index contributed by atoms with van der Waals surface area (Å²) in [6, 6.07) is 1.30. The van der Waals surface area contributed by atoms with E-state index in [2.05, 4.69) is 22.5 Å². The molecular weight excluding hydrogens is 262 g/mol. The smallest absolute Gasteiger partial charge is 0.220 e. The number of carbonyl (C=O) groups is 1. The number of likely N-dealkylation sites (tertiary alicyclic amines) is 1. The third-order valence-corrected chi connectivity index (χ3v) is 5.02. The van der Waals surface area contributed by atoms with Gasteiger partial charge in [0.1, 0.15) is 0 Å². The summed E-state index contributed by atoms with van der Waals surface area (Å²) in [5.41, 5.74) is 0. The first kappa shape index (κ1) is 16.8. The van der Waals surface area contributed by atoms with Crippen molar-refractivity contribution in [3.8, 4) is 0 Å². The first-order valence-corrected chi connectivity index (χ1v) is 9.00. The molecule has 0 bridgehead atoms. The van der Waals surface area contributed by atoms with Crippen LogP contribution in [0.3, 0.4) is 0 Å². The van der Waals surface area contributed by atoms with Crippen LogP contribution in [0.1, 0.15) is 64.7 Å². The average Bonchev–Trinajstić information content (AvgIpc) is 2.52. The van der Waals surface area contributed by atoms with Gasteiger partial charge in [-0.1, -0.05) is 12.8 Å². The third-order valence-electron chi connectivity index (χ3n) is 5.02. The molecule has 2 fully saturated rings. The molecule has 2 heterocycles.